The van der Waals surface area contributed by atoms with Crippen LogP contribution in [0.4, 0.5) is 5.69 Å². The highest BCUT2D eigenvalue weighted by Gasteiger charge is 2.24. The van der Waals surface area contributed by atoms with Crippen molar-refractivity contribution in [3.8, 4) is 0 Å². The number of anilines is 1. The summed E-state index contributed by atoms with van der Waals surface area (Å²) in [5.41, 5.74) is 2.35. The Morgan fingerprint density at radius 3 is 2.71 bits per heavy atom. The standard InChI is InChI=1S/C18H28N2O/c1-13-8-9-18(10-14(13)2)19-17-7-5-6-16(11-17)12-20(4)15(3)21/h5-7,11,13-14,18-19H,8-10,12H2,1-4H3. The van der Waals surface area contributed by atoms with Crippen molar-refractivity contribution < 1.29 is 4.79 Å². The van der Waals surface area contributed by atoms with Crippen LogP contribution >= 0.6 is 0 Å². The summed E-state index contributed by atoms with van der Waals surface area (Å²) in [5.74, 6) is 1.74. The Hall–Kier alpha value is -1.51. The summed E-state index contributed by atoms with van der Waals surface area (Å²) in [6, 6.07) is 9.02. The van der Waals surface area contributed by atoms with Crippen molar-refractivity contribution in [2.24, 2.45) is 11.8 Å². The molecule has 1 aromatic carbocycles. The lowest BCUT2D eigenvalue weighted by Gasteiger charge is -2.33. The molecule has 0 aromatic heterocycles. The first kappa shape index (κ1) is 15.9. The zero-order valence-corrected chi connectivity index (χ0v) is 13.7. The summed E-state index contributed by atoms with van der Waals surface area (Å²) in [5, 5.41) is 3.67. The van der Waals surface area contributed by atoms with Crippen LogP contribution < -0.4 is 5.32 Å². The molecule has 1 saturated carbocycles. The minimum atomic E-state index is 0.100. The number of carbonyl (C=O) groups excluding carboxylic acids is 1. The molecule has 1 amide bonds. The highest BCUT2D eigenvalue weighted by atomic mass is 16.2. The van der Waals surface area contributed by atoms with E-state index in [4.69, 9.17) is 0 Å². The Bertz CT molecular complexity index is 486. The smallest absolute Gasteiger partial charge is 0.219 e. The molecule has 0 saturated heterocycles. The molecule has 0 aliphatic heterocycles. The van der Waals surface area contributed by atoms with Gasteiger partial charge < -0.3 is 10.2 Å². The van der Waals surface area contributed by atoms with Gasteiger partial charge in [0.05, 0.1) is 0 Å². The van der Waals surface area contributed by atoms with Crippen molar-refractivity contribution in [1.82, 2.24) is 4.90 Å². The van der Waals surface area contributed by atoms with E-state index >= 15 is 0 Å². The fourth-order valence-corrected chi connectivity index (χ4v) is 3.06. The van der Waals surface area contributed by atoms with Crippen molar-refractivity contribution in [3.63, 3.8) is 0 Å². The topological polar surface area (TPSA) is 32.3 Å². The van der Waals surface area contributed by atoms with Crippen molar-refractivity contribution >= 4 is 11.6 Å². The fraction of sp³-hybridized carbons (Fsp3) is 0.611. The van der Waals surface area contributed by atoms with Crippen LogP contribution in [-0.4, -0.2) is 23.9 Å². The average Bonchev–Trinajstić information content (AvgIpc) is 2.43. The molecule has 0 spiro atoms. The van der Waals surface area contributed by atoms with Crippen LogP contribution in [0.25, 0.3) is 0 Å². The molecular weight excluding hydrogens is 260 g/mol. The number of nitrogens with zero attached hydrogens (tertiary/aromatic N) is 1. The predicted octanol–water partition coefficient (Wildman–Crippen LogP) is 3.90. The van der Waals surface area contributed by atoms with Gasteiger partial charge in [-0.15, -0.1) is 0 Å². The van der Waals surface area contributed by atoms with Crippen LogP contribution in [0.3, 0.4) is 0 Å². The summed E-state index contributed by atoms with van der Waals surface area (Å²) in [7, 11) is 1.84. The summed E-state index contributed by atoms with van der Waals surface area (Å²) < 4.78 is 0. The first-order valence-electron chi connectivity index (χ1n) is 8.03. The van der Waals surface area contributed by atoms with Gasteiger partial charge in [0.2, 0.25) is 5.91 Å². The lowest BCUT2D eigenvalue weighted by molar-refractivity contribution is -0.128. The molecule has 2 rings (SSSR count). The van der Waals surface area contributed by atoms with E-state index in [-0.39, 0.29) is 5.91 Å². The first-order chi connectivity index (χ1) is 9.95. The molecule has 0 heterocycles. The third kappa shape index (κ3) is 4.48. The number of hydrogen-bond acceptors (Lipinski definition) is 2. The first-order valence-corrected chi connectivity index (χ1v) is 8.03. The molecular formula is C18H28N2O. The second-order valence-corrected chi connectivity index (χ2v) is 6.68. The fourth-order valence-electron chi connectivity index (χ4n) is 3.06. The molecule has 1 N–H and O–H groups in total. The molecule has 1 aromatic rings. The van der Waals surface area contributed by atoms with E-state index in [1.807, 2.05) is 7.05 Å². The molecule has 1 fully saturated rings. The van der Waals surface area contributed by atoms with E-state index in [9.17, 15) is 4.79 Å². The Morgan fingerprint density at radius 1 is 1.29 bits per heavy atom. The molecule has 3 nitrogen and oxygen atoms in total. The average molecular weight is 288 g/mol. The van der Waals surface area contributed by atoms with Crippen LogP contribution in [0, 0.1) is 11.8 Å². The number of rotatable bonds is 4. The number of nitrogens with one attached hydrogen (secondary N) is 1. The maximum atomic E-state index is 11.3. The van der Waals surface area contributed by atoms with Gasteiger partial charge in [-0.1, -0.05) is 26.0 Å². The van der Waals surface area contributed by atoms with Gasteiger partial charge in [-0.05, 0) is 48.8 Å². The van der Waals surface area contributed by atoms with Gasteiger partial charge in [0.25, 0.3) is 0 Å². The van der Waals surface area contributed by atoms with E-state index in [1.165, 1.54) is 30.5 Å². The van der Waals surface area contributed by atoms with Gasteiger partial charge in [0.15, 0.2) is 0 Å². The quantitative estimate of drug-likeness (QED) is 0.911. The maximum Gasteiger partial charge on any atom is 0.219 e. The minimum absolute atomic E-state index is 0.100. The van der Waals surface area contributed by atoms with E-state index in [1.54, 1.807) is 11.8 Å². The molecule has 0 radical (unpaired) electrons. The molecule has 3 atom stereocenters. The summed E-state index contributed by atoms with van der Waals surface area (Å²) in [6.07, 6.45) is 3.81. The van der Waals surface area contributed by atoms with E-state index < -0.39 is 0 Å². The zero-order valence-electron chi connectivity index (χ0n) is 13.7. The summed E-state index contributed by atoms with van der Waals surface area (Å²) in [6.45, 7) is 6.99. The van der Waals surface area contributed by atoms with Gasteiger partial charge in [-0.2, -0.15) is 0 Å². The molecule has 3 heteroatoms. The predicted molar refractivity (Wildman–Crippen MR) is 88.2 cm³/mol. The molecule has 3 unspecified atom stereocenters. The van der Waals surface area contributed by atoms with Crippen LogP contribution in [0.2, 0.25) is 0 Å². The molecule has 21 heavy (non-hydrogen) atoms. The maximum absolute atomic E-state index is 11.3. The van der Waals surface area contributed by atoms with Gasteiger partial charge in [-0.3, -0.25) is 4.79 Å². The van der Waals surface area contributed by atoms with Crippen LogP contribution in [0.5, 0.6) is 0 Å². The van der Waals surface area contributed by atoms with Crippen molar-refractivity contribution in [2.75, 3.05) is 12.4 Å². The zero-order chi connectivity index (χ0) is 15.4. The monoisotopic (exact) mass is 288 g/mol. The molecule has 1 aliphatic rings. The largest absolute Gasteiger partial charge is 0.382 e. The van der Waals surface area contributed by atoms with Gasteiger partial charge in [0.1, 0.15) is 0 Å². The van der Waals surface area contributed by atoms with Gasteiger partial charge >= 0.3 is 0 Å². The van der Waals surface area contributed by atoms with Gasteiger partial charge in [-0.25, -0.2) is 0 Å². The van der Waals surface area contributed by atoms with Crippen molar-refractivity contribution in [1.29, 1.82) is 0 Å². The highest BCUT2D eigenvalue weighted by molar-refractivity contribution is 5.72. The summed E-state index contributed by atoms with van der Waals surface area (Å²) >= 11 is 0. The third-order valence-electron chi connectivity index (χ3n) is 4.85. The van der Waals surface area contributed by atoms with E-state index in [0.29, 0.717) is 12.6 Å². The number of hydrogen-bond donors (Lipinski definition) is 1. The number of amides is 1. The van der Waals surface area contributed by atoms with Gasteiger partial charge in [0, 0.05) is 32.2 Å². The lowest BCUT2D eigenvalue weighted by Crippen LogP contribution is -2.30. The number of benzene rings is 1. The van der Waals surface area contributed by atoms with E-state index in [0.717, 1.165) is 11.8 Å². The SMILES string of the molecule is CC(=O)N(C)Cc1cccc(NC2CCC(C)C(C)C2)c1. The summed E-state index contributed by atoms with van der Waals surface area (Å²) in [4.78, 5) is 13.1. The van der Waals surface area contributed by atoms with E-state index in [2.05, 4.69) is 43.4 Å². The Morgan fingerprint density at radius 2 is 2.05 bits per heavy atom. The Kier molecular flexibility index (Phi) is 5.27. The second kappa shape index (κ2) is 6.97. The molecule has 116 valence electrons. The highest BCUT2D eigenvalue weighted by Crippen LogP contribution is 2.31. The van der Waals surface area contributed by atoms with Crippen LogP contribution in [-0.2, 0) is 11.3 Å². The Balaban J connectivity index is 1.96. The van der Waals surface area contributed by atoms with Crippen LogP contribution in [0.15, 0.2) is 24.3 Å². The second-order valence-electron chi connectivity index (χ2n) is 6.68. The molecule has 0 bridgehead atoms. The van der Waals surface area contributed by atoms with Crippen LogP contribution in [0.1, 0.15) is 45.6 Å². The minimum Gasteiger partial charge on any atom is -0.382 e. The normalized spacial score (nSPS) is 25.4. The lowest BCUT2D eigenvalue weighted by atomic mass is 9.79. The van der Waals surface area contributed by atoms with Crippen molar-refractivity contribution in [3.05, 3.63) is 29.8 Å². The third-order valence-corrected chi connectivity index (χ3v) is 4.85. The van der Waals surface area contributed by atoms with Crippen molar-refractivity contribution in [2.45, 2.75) is 52.6 Å². The Labute approximate surface area is 128 Å². The molecule has 1 aliphatic carbocycles. The number of carbonyl (C=O) groups is 1.